The molecule has 0 unspecified atom stereocenters. The standard InChI is InChI=1S/C23H31F2N7O.C2H4O2/c1-15-19(32-12-4-10-23(24,25)14-32)8-7-18(29-15)21(26)20(31(2)27)13-33-22-28-11-9-17(30-22)16-5-3-6-16;1-2(3)4/h7-9,11,16H,3-6,10,12-14,26-27H2,1-2H3;1H3,(H,3,4)/b21-20-;. The van der Waals surface area contributed by atoms with Crippen LogP contribution in [0.25, 0.3) is 5.70 Å². The van der Waals surface area contributed by atoms with Crippen molar-refractivity contribution in [2.75, 3.05) is 31.6 Å². The summed E-state index contributed by atoms with van der Waals surface area (Å²) < 4.78 is 33.5. The highest BCUT2D eigenvalue weighted by molar-refractivity contribution is 5.65. The van der Waals surface area contributed by atoms with Gasteiger partial charge in [-0.1, -0.05) is 6.42 Å². The predicted octanol–water partition coefficient (Wildman–Crippen LogP) is 3.29. The summed E-state index contributed by atoms with van der Waals surface area (Å²) in [5, 5.41) is 8.79. The van der Waals surface area contributed by atoms with Gasteiger partial charge in [-0.05, 0) is 44.4 Å². The Morgan fingerprint density at radius 1 is 1.27 bits per heavy atom. The summed E-state index contributed by atoms with van der Waals surface area (Å²) in [6.07, 6.45) is 5.55. The van der Waals surface area contributed by atoms with E-state index < -0.39 is 11.9 Å². The number of ether oxygens (including phenoxy) is 1. The van der Waals surface area contributed by atoms with Crippen molar-refractivity contribution in [2.45, 2.75) is 57.8 Å². The van der Waals surface area contributed by atoms with E-state index in [4.69, 9.17) is 26.2 Å². The molecule has 37 heavy (non-hydrogen) atoms. The van der Waals surface area contributed by atoms with Crippen LogP contribution in [-0.2, 0) is 4.79 Å². The zero-order chi connectivity index (χ0) is 27.2. The van der Waals surface area contributed by atoms with Crippen LogP contribution in [0.5, 0.6) is 6.01 Å². The van der Waals surface area contributed by atoms with Gasteiger partial charge in [0.25, 0.3) is 11.9 Å². The number of carbonyl (C=O) groups is 1. The highest BCUT2D eigenvalue weighted by Crippen LogP contribution is 2.35. The summed E-state index contributed by atoms with van der Waals surface area (Å²) in [4.78, 5) is 24.0. The van der Waals surface area contributed by atoms with Crippen LogP contribution in [0.3, 0.4) is 0 Å². The van der Waals surface area contributed by atoms with Gasteiger partial charge in [-0.15, -0.1) is 0 Å². The molecular weight excluding hydrogens is 484 g/mol. The average Bonchev–Trinajstić information content (AvgIpc) is 2.77. The lowest BCUT2D eigenvalue weighted by atomic mass is 9.83. The van der Waals surface area contributed by atoms with Crippen molar-refractivity contribution in [3.63, 3.8) is 0 Å². The maximum absolute atomic E-state index is 13.9. The molecule has 1 saturated carbocycles. The number of alkyl halides is 2. The van der Waals surface area contributed by atoms with Crippen molar-refractivity contribution in [2.24, 2.45) is 11.6 Å². The molecule has 0 amide bonds. The van der Waals surface area contributed by atoms with Crippen molar-refractivity contribution in [3.8, 4) is 6.01 Å². The number of anilines is 1. The number of carboxylic acid groups (broad SMARTS) is 1. The molecule has 0 bridgehead atoms. The molecule has 0 spiro atoms. The fourth-order valence-electron chi connectivity index (χ4n) is 4.21. The molecule has 3 heterocycles. The smallest absolute Gasteiger partial charge is 0.316 e. The summed E-state index contributed by atoms with van der Waals surface area (Å²) in [6.45, 7) is 3.22. The zero-order valence-electron chi connectivity index (χ0n) is 21.5. The first-order chi connectivity index (χ1) is 17.5. The van der Waals surface area contributed by atoms with Crippen LogP contribution >= 0.6 is 0 Å². The Morgan fingerprint density at radius 3 is 2.54 bits per heavy atom. The average molecular weight is 520 g/mol. The molecule has 0 atom stereocenters. The summed E-state index contributed by atoms with van der Waals surface area (Å²) >= 11 is 0. The largest absolute Gasteiger partial charge is 0.481 e. The van der Waals surface area contributed by atoms with Gasteiger partial charge in [-0.25, -0.2) is 24.6 Å². The molecule has 2 aliphatic rings. The van der Waals surface area contributed by atoms with Crippen molar-refractivity contribution >= 4 is 17.4 Å². The van der Waals surface area contributed by atoms with Gasteiger partial charge in [0, 0.05) is 39.1 Å². The van der Waals surface area contributed by atoms with Crippen LogP contribution in [0.1, 0.15) is 62.0 Å². The first kappa shape index (κ1) is 28.0. The minimum atomic E-state index is -2.69. The molecule has 2 aromatic heterocycles. The molecule has 202 valence electrons. The fraction of sp³-hybridized carbons (Fsp3) is 0.520. The molecule has 4 rings (SSSR count). The number of rotatable bonds is 7. The quantitative estimate of drug-likeness (QED) is 0.368. The molecule has 2 aromatic rings. The van der Waals surface area contributed by atoms with Crippen molar-refractivity contribution < 1.29 is 23.4 Å². The first-order valence-electron chi connectivity index (χ1n) is 12.2. The Balaban J connectivity index is 0.000000886. The number of aryl methyl sites for hydroxylation is 1. The molecule has 0 aromatic carbocycles. The number of likely N-dealkylation sites (N-methyl/N-ethyl adjacent to an activating group) is 1. The Hall–Kier alpha value is -3.54. The van der Waals surface area contributed by atoms with Crippen molar-refractivity contribution in [3.05, 3.63) is 47.2 Å². The van der Waals surface area contributed by atoms with Crippen molar-refractivity contribution in [1.82, 2.24) is 20.0 Å². The van der Waals surface area contributed by atoms with E-state index in [1.54, 1.807) is 37.2 Å². The van der Waals surface area contributed by atoms with Gasteiger partial charge in [0.05, 0.1) is 40.7 Å². The second kappa shape index (κ2) is 12.1. The molecule has 0 radical (unpaired) electrons. The lowest BCUT2D eigenvalue weighted by molar-refractivity contribution is -0.134. The highest BCUT2D eigenvalue weighted by atomic mass is 19.3. The number of nitrogens with two attached hydrogens (primary N) is 2. The monoisotopic (exact) mass is 519 g/mol. The Kier molecular flexibility index (Phi) is 9.19. The Labute approximate surface area is 215 Å². The number of hydrazine groups is 1. The predicted molar refractivity (Wildman–Crippen MR) is 136 cm³/mol. The number of halogens is 2. The number of aliphatic carboxylic acids is 1. The third kappa shape index (κ3) is 7.72. The van der Waals surface area contributed by atoms with Crippen LogP contribution in [0.2, 0.25) is 0 Å². The Morgan fingerprint density at radius 2 is 1.97 bits per heavy atom. The summed E-state index contributed by atoms with van der Waals surface area (Å²) in [5.41, 5.74) is 10.1. The second-order valence-corrected chi connectivity index (χ2v) is 9.35. The van der Waals surface area contributed by atoms with E-state index in [0.29, 0.717) is 47.4 Å². The number of hydrogen-bond donors (Lipinski definition) is 3. The number of nitrogens with zero attached hydrogens (tertiary/aromatic N) is 5. The van der Waals surface area contributed by atoms with Gasteiger partial charge < -0.3 is 25.5 Å². The Bertz CT molecular complexity index is 1120. The minimum absolute atomic E-state index is 0.0633. The maximum atomic E-state index is 13.9. The first-order valence-corrected chi connectivity index (χ1v) is 12.2. The van der Waals surface area contributed by atoms with Crippen LogP contribution in [0.15, 0.2) is 30.1 Å². The maximum Gasteiger partial charge on any atom is 0.316 e. The molecule has 1 aliphatic heterocycles. The third-order valence-corrected chi connectivity index (χ3v) is 6.32. The van der Waals surface area contributed by atoms with E-state index >= 15 is 0 Å². The molecule has 1 aliphatic carbocycles. The van der Waals surface area contributed by atoms with Gasteiger partial charge >= 0.3 is 6.01 Å². The SMILES string of the molecule is CC(=O)O.Cc1nc(/C(N)=C(\COc2nccc(C3CCC3)n2)N(C)N)ccc1N1CCCC(F)(F)C1. The van der Waals surface area contributed by atoms with E-state index in [-0.39, 0.29) is 25.6 Å². The number of carboxylic acids is 1. The van der Waals surface area contributed by atoms with E-state index in [2.05, 4.69) is 15.0 Å². The summed E-state index contributed by atoms with van der Waals surface area (Å²) in [6, 6.07) is 5.70. The summed E-state index contributed by atoms with van der Waals surface area (Å²) in [7, 11) is 1.66. The van der Waals surface area contributed by atoms with Crippen molar-refractivity contribution in [1.29, 1.82) is 0 Å². The van der Waals surface area contributed by atoms with Crippen LogP contribution in [0, 0.1) is 6.92 Å². The summed E-state index contributed by atoms with van der Waals surface area (Å²) in [5.74, 6) is 2.97. The van der Waals surface area contributed by atoms with Gasteiger partial charge in [0.2, 0.25) is 0 Å². The fourth-order valence-corrected chi connectivity index (χ4v) is 4.21. The molecule has 5 N–H and O–H groups in total. The van der Waals surface area contributed by atoms with Crippen LogP contribution in [0.4, 0.5) is 14.5 Å². The van der Waals surface area contributed by atoms with Gasteiger partial charge in [-0.3, -0.25) is 4.79 Å². The number of pyridine rings is 1. The number of aromatic nitrogens is 3. The third-order valence-electron chi connectivity index (χ3n) is 6.32. The molecular formula is C25H35F2N7O3. The van der Waals surface area contributed by atoms with Gasteiger partial charge in [-0.2, -0.15) is 4.98 Å². The minimum Gasteiger partial charge on any atom is -0.481 e. The number of piperidine rings is 1. The second-order valence-electron chi connectivity index (χ2n) is 9.35. The number of hydrogen-bond acceptors (Lipinski definition) is 9. The van der Waals surface area contributed by atoms with E-state index in [1.807, 2.05) is 6.07 Å². The van der Waals surface area contributed by atoms with Crippen LogP contribution < -0.4 is 21.2 Å². The lowest BCUT2D eigenvalue weighted by Gasteiger charge is -2.34. The van der Waals surface area contributed by atoms with Crippen LogP contribution in [-0.4, -0.2) is 63.7 Å². The lowest BCUT2D eigenvalue weighted by Crippen LogP contribution is -2.43. The topological polar surface area (TPSA) is 144 Å². The zero-order valence-corrected chi connectivity index (χ0v) is 21.5. The van der Waals surface area contributed by atoms with Gasteiger partial charge in [0.1, 0.15) is 6.61 Å². The molecule has 1 saturated heterocycles. The molecule has 12 heteroatoms. The van der Waals surface area contributed by atoms with E-state index in [1.165, 1.54) is 11.4 Å². The van der Waals surface area contributed by atoms with E-state index in [0.717, 1.165) is 25.5 Å². The molecule has 2 fully saturated rings. The van der Waals surface area contributed by atoms with E-state index in [9.17, 15) is 8.78 Å². The molecule has 10 nitrogen and oxygen atoms in total. The van der Waals surface area contributed by atoms with Gasteiger partial charge in [0.15, 0.2) is 0 Å². The highest BCUT2D eigenvalue weighted by Gasteiger charge is 2.35. The normalized spacial score (nSPS) is 17.6.